The van der Waals surface area contributed by atoms with Gasteiger partial charge in [0.2, 0.25) is 5.91 Å². The summed E-state index contributed by atoms with van der Waals surface area (Å²) in [5.74, 6) is 1.68. The summed E-state index contributed by atoms with van der Waals surface area (Å²) in [5.41, 5.74) is 0. The molecule has 19 heavy (non-hydrogen) atoms. The second-order valence-electron chi connectivity index (χ2n) is 7.00. The molecule has 4 aliphatic rings. The summed E-state index contributed by atoms with van der Waals surface area (Å²) in [6, 6.07) is 1.04. The molecule has 4 heterocycles. The normalized spacial score (nSPS) is 46.7. The lowest BCUT2D eigenvalue weighted by atomic mass is 9.70. The van der Waals surface area contributed by atoms with Gasteiger partial charge in [0.05, 0.1) is 6.10 Å². The SMILES string of the molecule is O=C1CCC[C@H]2[C@@H]3C[C@H](CN12)[C@@H]1C[C@@H](O)CCN1C3. The molecule has 0 radical (unpaired) electrons. The Bertz CT molecular complexity index is 386. The first kappa shape index (κ1) is 12.2. The molecule has 4 heteroatoms. The molecule has 0 aromatic rings. The van der Waals surface area contributed by atoms with Gasteiger partial charge in [-0.15, -0.1) is 0 Å². The highest BCUT2D eigenvalue weighted by molar-refractivity contribution is 5.77. The van der Waals surface area contributed by atoms with Crippen LogP contribution < -0.4 is 0 Å². The van der Waals surface area contributed by atoms with E-state index in [1.54, 1.807) is 0 Å². The molecule has 4 rings (SSSR count). The molecule has 0 aromatic carbocycles. The molecule has 4 nitrogen and oxygen atoms in total. The minimum absolute atomic E-state index is 0.118. The molecule has 0 aromatic heterocycles. The summed E-state index contributed by atoms with van der Waals surface area (Å²) in [6.45, 7) is 3.16. The Morgan fingerprint density at radius 3 is 2.79 bits per heavy atom. The molecule has 0 spiro atoms. The van der Waals surface area contributed by atoms with Crippen molar-refractivity contribution in [2.75, 3.05) is 19.6 Å². The Kier molecular flexibility index (Phi) is 2.85. The second kappa shape index (κ2) is 4.45. The minimum atomic E-state index is -0.118. The molecule has 0 saturated carbocycles. The summed E-state index contributed by atoms with van der Waals surface area (Å²) in [6.07, 6.45) is 6.07. The maximum Gasteiger partial charge on any atom is 0.222 e. The fraction of sp³-hybridized carbons (Fsp3) is 0.933. The topological polar surface area (TPSA) is 43.8 Å². The Balaban J connectivity index is 1.58. The summed E-state index contributed by atoms with van der Waals surface area (Å²) in [4.78, 5) is 17.0. The molecular formula is C15H24N2O2. The van der Waals surface area contributed by atoms with Crippen LogP contribution in [0.25, 0.3) is 0 Å². The molecule has 1 N–H and O–H groups in total. The highest BCUT2D eigenvalue weighted by atomic mass is 16.3. The third-order valence-corrected chi connectivity index (χ3v) is 5.94. The van der Waals surface area contributed by atoms with Crippen LogP contribution in [0.15, 0.2) is 0 Å². The zero-order valence-corrected chi connectivity index (χ0v) is 11.5. The smallest absolute Gasteiger partial charge is 0.222 e. The van der Waals surface area contributed by atoms with Crippen LogP contribution in [0.2, 0.25) is 0 Å². The zero-order chi connectivity index (χ0) is 13.0. The van der Waals surface area contributed by atoms with Crippen LogP contribution in [0.4, 0.5) is 0 Å². The minimum Gasteiger partial charge on any atom is -0.393 e. The number of hydrogen-bond acceptors (Lipinski definition) is 3. The van der Waals surface area contributed by atoms with Crippen LogP contribution in [0.1, 0.15) is 38.5 Å². The molecule has 1 amide bonds. The van der Waals surface area contributed by atoms with Crippen molar-refractivity contribution in [1.29, 1.82) is 0 Å². The van der Waals surface area contributed by atoms with Crippen LogP contribution in [-0.2, 0) is 4.79 Å². The lowest BCUT2D eigenvalue weighted by Gasteiger charge is -2.57. The highest BCUT2D eigenvalue weighted by Crippen LogP contribution is 2.42. The summed E-state index contributed by atoms with van der Waals surface area (Å²) in [7, 11) is 0. The molecule has 4 fully saturated rings. The quantitative estimate of drug-likeness (QED) is 0.705. The van der Waals surface area contributed by atoms with Gasteiger partial charge in [-0.2, -0.15) is 0 Å². The first-order valence-electron chi connectivity index (χ1n) is 7.94. The lowest BCUT2D eigenvalue weighted by molar-refractivity contribution is -0.150. The predicted molar refractivity (Wildman–Crippen MR) is 71.6 cm³/mol. The van der Waals surface area contributed by atoms with E-state index in [2.05, 4.69) is 9.80 Å². The number of aliphatic hydroxyl groups excluding tert-OH is 1. The maximum absolute atomic E-state index is 12.1. The molecule has 106 valence electrons. The van der Waals surface area contributed by atoms with E-state index >= 15 is 0 Å². The Hall–Kier alpha value is -0.610. The van der Waals surface area contributed by atoms with Gasteiger partial charge in [0.15, 0.2) is 0 Å². The molecule has 4 aliphatic heterocycles. The predicted octanol–water partition coefficient (Wildman–Crippen LogP) is 0.843. The first-order chi connectivity index (χ1) is 9.22. The van der Waals surface area contributed by atoms with Crippen molar-refractivity contribution in [3.8, 4) is 0 Å². The van der Waals surface area contributed by atoms with Gasteiger partial charge in [0, 0.05) is 38.1 Å². The van der Waals surface area contributed by atoms with E-state index in [4.69, 9.17) is 0 Å². The lowest BCUT2D eigenvalue weighted by Crippen LogP contribution is -2.65. The van der Waals surface area contributed by atoms with Gasteiger partial charge in [-0.05, 0) is 43.9 Å². The summed E-state index contributed by atoms with van der Waals surface area (Å²) < 4.78 is 0. The van der Waals surface area contributed by atoms with E-state index in [1.807, 2.05) is 0 Å². The number of carbonyl (C=O) groups is 1. The third-order valence-electron chi connectivity index (χ3n) is 5.94. The molecule has 0 unspecified atom stereocenters. The van der Waals surface area contributed by atoms with Crippen molar-refractivity contribution in [3.63, 3.8) is 0 Å². The average Bonchev–Trinajstić information content (AvgIpc) is 2.41. The molecule has 2 bridgehead atoms. The van der Waals surface area contributed by atoms with Gasteiger partial charge in [-0.3, -0.25) is 9.69 Å². The fourth-order valence-electron chi connectivity index (χ4n) is 5.07. The van der Waals surface area contributed by atoms with Crippen LogP contribution in [0, 0.1) is 11.8 Å². The number of hydrogen-bond donors (Lipinski definition) is 1. The van der Waals surface area contributed by atoms with Gasteiger partial charge >= 0.3 is 0 Å². The standard InChI is InChI=1S/C15H24N2O2/c18-12-4-5-16-8-10-6-11(14(16)7-12)9-17-13(10)2-1-3-15(17)19/h10-14,18H,1-9H2/t10-,11-,12+,13+,14+/m1/s1. The fourth-order valence-corrected chi connectivity index (χ4v) is 5.07. The summed E-state index contributed by atoms with van der Waals surface area (Å²) in [5, 5.41) is 9.92. The first-order valence-corrected chi connectivity index (χ1v) is 7.94. The number of aliphatic hydroxyl groups is 1. The van der Waals surface area contributed by atoms with E-state index in [-0.39, 0.29) is 6.10 Å². The van der Waals surface area contributed by atoms with E-state index in [0.717, 1.165) is 45.3 Å². The van der Waals surface area contributed by atoms with E-state index in [1.165, 1.54) is 12.8 Å². The van der Waals surface area contributed by atoms with Crippen molar-refractivity contribution < 1.29 is 9.90 Å². The van der Waals surface area contributed by atoms with Gasteiger partial charge in [0.25, 0.3) is 0 Å². The molecule has 0 aliphatic carbocycles. The number of amides is 1. The molecule has 5 atom stereocenters. The Labute approximate surface area is 114 Å². The number of carbonyl (C=O) groups excluding carboxylic acids is 1. The van der Waals surface area contributed by atoms with Crippen molar-refractivity contribution in [3.05, 3.63) is 0 Å². The Morgan fingerprint density at radius 1 is 1.05 bits per heavy atom. The second-order valence-corrected chi connectivity index (χ2v) is 7.00. The van der Waals surface area contributed by atoms with Crippen LogP contribution in [0.5, 0.6) is 0 Å². The van der Waals surface area contributed by atoms with Gasteiger partial charge in [-0.1, -0.05) is 0 Å². The van der Waals surface area contributed by atoms with Gasteiger partial charge < -0.3 is 10.0 Å². The van der Waals surface area contributed by atoms with E-state index < -0.39 is 0 Å². The number of nitrogens with zero attached hydrogens (tertiary/aromatic N) is 2. The average molecular weight is 264 g/mol. The molecular weight excluding hydrogens is 240 g/mol. The van der Waals surface area contributed by atoms with Gasteiger partial charge in [-0.25, -0.2) is 0 Å². The third kappa shape index (κ3) is 1.91. The number of fused-ring (bicyclic) bond motifs is 6. The van der Waals surface area contributed by atoms with Crippen molar-refractivity contribution in [2.45, 2.75) is 56.7 Å². The van der Waals surface area contributed by atoms with Crippen molar-refractivity contribution in [2.24, 2.45) is 11.8 Å². The van der Waals surface area contributed by atoms with Crippen LogP contribution in [0.3, 0.4) is 0 Å². The largest absolute Gasteiger partial charge is 0.393 e. The molecule has 4 saturated heterocycles. The Morgan fingerprint density at radius 2 is 1.89 bits per heavy atom. The van der Waals surface area contributed by atoms with Crippen LogP contribution in [-0.4, -0.2) is 58.6 Å². The summed E-state index contributed by atoms with van der Waals surface area (Å²) >= 11 is 0. The van der Waals surface area contributed by atoms with Crippen molar-refractivity contribution in [1.82, 2.24) is 9.80 Å². The van der Waals surface area contributed by atoms with Crippen molar-refractivity contribution >= 4 is 5.91 Å². The van der Waals surface area contributed by atoms with Crippen LogP contribution >= 0.6 is 0 Å². The maximum atomic E-state index is 12.1. The highest BCUT2D eigenvalue weighted by Gasteiger charge is 2.48. The van der Waals surface area contributed by atoms with E-state index in [0.29, 0.717) is 29.8 Å². The zero-order valence-electron chi connectivity index (χ0n) is 11.5. The number of piperidine rings is 4. The monoisotopic (exact) mass is 264 g/mol. The van der Waals surface area contributed by atoms with Gasteiger partial charge in [0.1, 0.15) is 0 Å². The number of rotatable bonds is 0. The van der Waals surface area contributed by atoms with E-state index in [9.17, 15) is 9.90 Å².